The maximum absolute atomic E-state index is 11.1. The predicted octanol–water partition coefficient (Wildman–Crippen LogP) is 0.471. The van der Waals surface area contributed by atoms with Crippen molar-refractivity contribution in [3.63, 3.8) is 0 Å². The fourth-order valence-corrected chi connectivity index (χ4v) is 1.58. The summed E-state index contributed by atoms with van der Waals surface area (Å²) >= 11 is 0. The first-order chi connectivity index (χ1) is 6.27. The summed E-state index contributed by atoms with van der Waals surface area (Å²) in [4.78, 5) is 23.0. The van der Waals surface area contributed by atoms with Gasteiger partial charge >= 0.3 is 12.4 Å². The van der Waals surface area contributed by atoms with Gasteiger partial charge in [-0.05, 0) is 19.8 Å². The Morgan fingerprint density at radius 2 is 2.46 bits per heavy atom. The highest BCUT2D eigenvalue weighted by Crippen LogP contribution is 2.18. The van der Waals surface area contributed by atoms with E-state index >= 15 is 0 Å². The van der Waals surface area contributed by atoms with E-state index in [1.54, 1.807) is 11.8 Å². The average Bonchev–Trinajstić information content (AvgIpc) is 2.52. The molecular weight excluding hydrogens is 170 g/mol. The van der Waals surface area contributed by atoms with E-state index in [2.05, 4.69) is 0 Å². The molecule has 1 fully saturated rings. The minimum Gasteiger partial charge on any atom is -0.466 e. The fraction of sp³-hybridized carbons (Fsp3) is 0.778. The Bertz CT molecular complexity index is 193. The maximum Gasteiger partial charge on any atom is 0.312 e. The highest BCUT2D eigenvalue weighted by molar-refractivity contribution is 5.70. The molecule has 0 N–H and O–H groups in total. The summed E-state index contributed by atoms with van der Waals surface area (Å²) in [6.07, 6.45) is 3.99. The van der Waals surface area contributed by atoms with Gasteiger partial charge in [0.15, 0.2) is 0 Å². The highest BCUT2D eigenvalue weighted by Gasteiger charge is 2.26. The quantitative estimate of drug-likeness (QED) is 0.597. The van der Waals surface area contributed by atoms with Gasteiger partial charge in [-0.25, -0.2) is 0 Å². The van der Waals surface area contributed by atoms with Gasteiger partial charge in [0, 0.05) is 12.6 Å². The number of hydrogen-bond donors (Lipinski definition) is 0. The lowest BCUT2D eigenvalue weighted by Crippen LogP contribution is -2.30. The van der Waals surface area contributed by atoms with Crippen LogP contribution in [0.1, 0.15) is 26.2 Å². The van der Waals surface area contributed by atoms with Crippen LogP contribution in [0.25, 0.3) is 0 Å². The second-order valence-corrected chi connectivity index (χ2v) is 3.09. The molecule has 1 unspecified atom stereocenters. The van der Waals surface area contributed by atoms with Crippen LogP contribution in [0, 0.1) is 0 Å². The zero-order valence-corrected chi connectivity index (χ0v) is 7.78. The molecular formula is C9H14NO3. The minimum atomic E-state index is -0.227. The third-order valence-corrected chi connectivity index (χ3v) is 2.20. The van der Waals surface area contributed by atoms with E-state index in [4.69, 9.17) is 4.74 Å². The Balaban J connectivity index is 2.34. The molecule has 0 saturated carbocycles. The number of hydrogen-bond acceptors (Lipinski definition) is 3. The largest absolute Gasteiger partial charge is 0.466 e. The summed E-state index contributed by atoms with van der Waals surface area (Å²) in [6.45, 7) is 2.89. The standard InChI is InChI=1S/C9H14NO3/c1-2-13-9(12)6-8-4-3-5-10(8)7-11/h8H,2-6H2,1H3. The molecule has 73 valence electrons. The third kappa shape index (κ3) is 2.72. The smallest absolute Gasteiger partial charge is 0.312 e. The van der Waals surface area contributed by atoms with Crippen LogP contribution in [0.3, 0.4) is 0 Å². The second-order valence-electron chi connectivity index (χ2n) is 3.09. The molecule has 4 heteroatoms. The Morgan fingerprint density at radius 1 is 1.69 bits per heavy atom. The van der Waals surface area contributed by atoms with E-state index in [9.17, 15) is 9.59 Å². The van der Waals surface area contributed by atoms with E-state index in [1.807, 2.05) is 6.41 Å². The lowest BCUT2D eigenvalue weighted by Gasteiger charge is -2.17. The van der Waals surface area contributed by atoms with Gasteiger partial charge in [-0.15, -0.1) is 0 Å². The first kappa shape index (κ1) is 10.0. The molecule has 1 saturated heterocycles. The molecule has 1 heterocycles. The van der Waals surface area contributed by atoms with Gasteiger partial charge in [0.2, 0.25) is 0 Å². The van der Waals surface area contributed by atoms with Gasteiger partial charge in [0.25, 0.3) is 0 Å². The van der Waals surface area contributed by atoms with Crippen LogP contribution in [-0.2, 0) is 14.3 Å². The number of likely N-dealkylation sites (tertiary alicyclic amines) is 1. The van der Waals surface area contributed by atoms with Crippen molar-refractivity contribution in [2.24, 2.45) is 0 Å². The number of amides is 1. The van der Waals surface area contributed by atoms with Crippen LogP contribution < -0.4 is 0 Å². The van der Waals surface area contributed by atoms with Crippen molar-refractivity contribution in [1.29, 1.82) is 0 Å². The first-order valence-corrected chi connectivity index (χ1v) is 4.58. The number of nitrogens with zero attached hydrogens (tertiary/aromatic N) is 1. The SMILES string of the molecule is CCOC(=O)CC1CCCN1[C]=O. The minimum absolute atomic E-state index is 0.0107. The first-order valence-electron chi connectivity index (χ1n) is 4.58. The van der Waals surface area contributed by atoms with Gasteiger partial charge in [-0.1, -0.05) is 0 Å². The van der Waals surface area contributed by atoms with Crippen LogP contribution in [0.4, 0.5) is 0 Å². The van der Waals surface area contributed by atoms with Crippen molar-refractivity contribution in [3.8, 4) is 0 Å². The summed E-state index contributed by atoms with van der Waals surface area (Å²) in [6, 6.07) is 0.0107. The van der Waals surface area contributed by atoms with Crippen LogP contribution >= 0.6 is 0 Å². The Hall–Kier alpha value is -1.06. The normalized spacial score (nSPS) is 21.6. The van der Waals surface area contributed by atoms with Crippen molar-refractivity contribution in [2.75, 3.05) is 13.2 Å². The van der Waals surface area contributed by atoms with Gasteiger partial charge in [0.1, 0.15) is 0 Å². The lowest BCUT2D eigenvalue weighted by atomic mass is 10.1. The van der Waals surface area contributed by atoms with Crippen LogP contribution in [-0.4, -0.2) is 36.5 Å². The van der Waals surface area contributed by atoms with Gasteiger partial charge in [-0.2, -0.15) is 0 Å². The average molecular weight is 184 g/mol. The number of ether oxygens (including phenoxy) is 1. The van der Waals surface area contributed by atoms with Crippen LogP contribution in [0.5, 0.6) is 0 Å². The Kier molecular flexibility index (Phi) is 3.73. The van der Waals surface area contributed by atoms with Crippen LogP contribution in [0.2, 0.25) is 0 Å². The van der Waals surface area contributed by atoms with E-state index in [-0.39, 0.29) is 12.0 Å². The lowest BCUT2D eigenvalue weighted by molar-refractivity contribution is -0.144. The molecule has 0 aromatic rings. The second kappa shape index (κ2) is 4.84. The zero-order chi connectivity index (χ0) is 9.68. The highest BCUT2D eigenvalue weighted by atomic mass is 16.5. The van der Waals surface area contributed by atoms with E-state index < -0.39 is 0 Å². The van der Waals surface area contributed by atoms with Gasteiger partial charge in [0.05, 0.1) is 13.0 Å². The van der Waals surface area contributed by atoms with Crippen molar-refractivity contribution in [1.82, 2.24) is 4.90 Å². The predicted molar refractivity (Wildman–Crippen MR) is 46.7 cm³/mol. The van der Waals surface area contributed by atoms with Crippen LogP contribution in [0.15, 0.2) is 0 Å². The molecule has 1 aliphatic heterocycles. The summed E-state index contributed by atoms with van der Waals surface area (Å²) in [5, 5.41) is 0. The molecule has 0 aromatic carbocycles. The van der Waals surface area contributed by atoms with Gasteiger partial charge in [-0.3, -0.25) is 9.59 Å². The molecule has 4 nitrogen and oxygen atoms in total. The molecule has 1 atom stereocenters. The molecule has 0 aliphatic carbocycles. The Morgan fingerprint density at radius 3 is 3.08 bits per heavy atom. The molecule has 1 aliphatic rings. The van der Waals surface area contributed by atoms with Crippen molar-refractivity contribution in [2.45, 2.75) is 32.2 Å². The van der Waals surface area contributed by atoms with Crippen molar-refractivity contribution < 1.29 is 14.3 Å². The number of esters is 1. The summed E-state index contributed by atoms with van der Waals surface area (Å²) < 4.78 is 4.80. The van der Waals surface area contributed by atoms with E-state index in [0.29, 0.717) is 19.6 Å². The molecule has 0 bridgehead atoms. The Labute approximate surface area is 77.8 Å². The molecule has 1 rings (SSSR count). The fourth-order valence-electron chi connectivity index (χ4n) is 1.58. The molecule has 13 heavy (non-hydrogen) atoms. The number of carbonyl (C=O) groups is 1. The summed E-state index contributed by atoms with van der Waals surface area (Å²) in [5.74, 6) is -0.227. The summed E-state index contributed by atoms with van der Waals surface area (Å²) in [5.41, 5.74) is 0. The molecule has 0 spiro atoms. The van der Waals surface area contributed by atoms with Gasteiger partial charge < -0.3 is 9.64 Å². The van der Waals surface area contributed by atoms with Crippen molar-refractivity contribution >= 4 is 12.4 Å². The molecule has 1 radical (unpaired) electrons. The molecule has 0 aromatic heterocycles. The number of rotatable bonds is 4. The monoisotopic (exact) mass is 184 g/mol. The third-order valence-electron chi connectivity index (χ3n) is 2.20. The zero-order valence-electron chi connectivity index (χ0n) is 7.78. The summed E-state index contributed by atoms with van der Waals surface area (Å²) in [7, 11) is 0. The van der Waals surface area contributed by atoms with E-state index in [0.717, 1.165) is 12.8 Å². The van der Waals surface area contributed by atoms with E-state index in [1.165, 1.54) is 0 Å². The van der Waals surface area contributed by atoms with Crippen molar-refractivity contribution in [3.05, 3.63) is 0 Å². The number of carbonyl (C=O) groups excluding carboxylic acids is 2. The molecule has 1 amide bonds. The maximum atomic E-state index is 11.1. The topological polar surface area (TPSA) is 46.6 Å².